The van der Waals surface area contributed by atoms with Crippen molar-refractivity contribution in [2.75, 3.05) is 0 Å². The molecule has 1 heterocycles. The number of hydrogen-bond acceptors (Lipinski definition) is 4. The van der Waals surface area contributed by atoms with E-state index in [-0.39, 0.29) is 11.3 Å². The van der Waals surface area contributed by atoms with Gasteiger partial charge in [-0.15, -0.1) is 11.3 Å². The van der Waals surface area contributed by atoms with Gasteiger partial charge < -0.3 is 5.11 Å². The first-order chi connectivity index (χ1) is 6.74. The van der Waals surface area contributed by atoms with Gasteiger partial charge >= 0.3 is 0 Å². The maximum atomic E-state index is 10.5. The van der Waals surface area contributed by atoms with Crippen molar-refractivity contribution in [1.29, 1.82) is 5.26 Å². The topological polar surface area (TPSA) is 61.1 Å². The molecule has 0 atom stereocenters. The summed E-state index contributed by atoms with van der Waals surface area (Å²) in [4.78, 5) is 11.1. The molecule has 1 aromatic heterocycles. The van der Waals surface area contributed by atoms with E-state index in [4.69, 9.17) is 5.26 Å². The van der Waals surface area contributed by atoms with Crippen LogP contribution in [0.2, 0.25) is 0 Å². The number of nitriles is 1. The predicted molar refractivity (Wildman–Crippen MR) is 53.6 cm³/mol. The number of aromatic hydroxyl groups is 1. The van der Waals surface area contributed by atoms with Gasteiger partial charge in [0.15, 0.2) is 6.29 Å². The molecule has 4 heteroatoms. The average molecular weight is 203 g/mol. The van der Waals surface area contributed by atoms with E-state index < -0.39 is 0 Å². The molecule has 3 nitrogen and oxygen atoms in total. The van der Waals surface area contributed by atoms with Crippen molar-refractivity contribution in [1.82, 2.24) is 0 Å². The summed E-state index contributed by atoms with van der Waals surface area (Å²) < 4.78 is 0.810. The van der Waals surface area contributed by atoms with Gasteiger partial charge in [0.1, 0.15) is 16.7 Å². The SMILES string of the molecule is N#Cc1cc2cc(C=O)c(O)cc2s1. The minimum absolute atomic E-state index is 0.0427. The summed E-state index contributed by atoms with van der Waals surface area (Å²) in [5, 5.41) is 18.9. The molecule has 0 aliphatic carbocycles. The van der Waals surface area contributed by atoms with Crippen molar-refractivity contribution in [2.24, 2.45) is 0 Å². The largest absolute Gasteiger partial charge is 0.507 e. The number of fused-ring (bicyclic) bond motifs is 1. The Morgan fingerprint density at radius 2 is 2.21 bits per heavy atom. The van der Waals surface area contributed by atoms with E-state index in [1.165, 1.54) is 17.4 Å². The van der Waals surface area contributed by atoms with E-state index in [0.29, 0.717) is 11.2 Å². The highest BCUT2D eigenvalue weighted by Gasteiger charge is 2.06. The molecule has 0 spiro atoms. The Morgan fingerprint density at radius 1 is 1.43 bits per heavy atom. The summed E-state index contributed by atoms with van der Waals surface area (Å²) in [6.07, 6.45) is 0.596. The third kappa shape index (κ3) is 1.24. The average Bonchev–Trinajstić information content (AvgIpc) is 2.58. The first-order valence-electron chi connectivity index (χ1n) is 3.86. The zero-order valence-electron chi connectivity index (χ0n) is 7.02. The molecule has 0 unspecified atom stereocenters. The molecule has 2 aromatic rings. The molecule has 68 valence electrons. The molecule has 1 aromatic carbocycles. The molecule has 0 saturated heterocycles. The molecule has 0 amide bonds. The number of phenolic OH excluding ortho intramolecular Hbond substituents is 1. The van der Waals surface area contributed by atoms with Crippen molar-refractivity contribution in [3.05, 3.63) is 28.6 Å². The number of nitrogens with zero attached hydrogens (tertiary/aromatic N) is 1. The first-order valence-corrected chi connectivity index (χ1v) is 4.68. The van der Waals surface area contributed by atoms with Crippen LogP contribution in [0.3, 0.4) is 0 Å². The Morgan fingerprint density at radius 3 is 2.86 bits per heavy atom. The zero-order valence-corrected chi connectivity index (χ0v) is 7.84. The molecule has 0 aliphatic rings. The van der Waals surface area contributed by atoms with Crippen LogP contribution in [0, 0.1) is 11.3 Å². The van der Waals surface area contributed by atoms with Gasteiger partial charge in [-0.3, -0.25) is 4.79 Å². The fourth-order valence-corrected chi connectivity index (χ4v) is 2.12. The molecule has 0 saturated carbocycles. The van der Waals surface area contributed by atoms with Crippen molar-refractivity contribution in [2.45, 2.75) is 0 Å². The van der Waals surface area contributed by atoms with Crippen molar-refractivity contribution >= 4 is 27.7 Å². The van der Waals surface area contributed by atoms with Crippen LogP contribution < -0.4 is 0 Å². The lowest BCUT2D eigenvalue weighted by Crippen LogP contribution is -1.79. The van der Waals surface area contributed by atoms with Crippen LogP contribution in [0.15, 0.2) is 18.2 Å². The van der Waals surface area contributed by atoms with Crippen LogP contribution in [-0.4, -0.2) is 11.4 Å². The highest BCUT2D eigenvalue weighted by molar-refractivity contribution is 7.19. The van der Waals surface area contributed by atoms with Gasteiger partial charge in [-0.25, -0.2) is 0 Å². The second-order valence-corrected chi connectivity index (χ2v) is 3.87. The fourth-order valence-electron chi connectivity index (χ4n) is 1.24. The summed E-state index contributed by atoms with van der Waals surface area (Å²) in [6.45, 7) is 0. The molecule has 0 bridgehead atoms. The molecule has 1 N–H and O–H groups in total. The summed E-state index contributed by atoms with van der Waals surface area (Å²) in [5.74, 6) is -0.0427. The highest BCUT2D eigenvalue weighted by atomic mass is 32.1. The van der Waals surface area contributed by atoms with Gasteiger partial charge in [0.2, 0.25) is 0 Å². The minimum Gasteiger partial charge on any atom is -0.507 e. The summed E-state index contributed by atoms with van der Waals surface area (Å²) in [5.41, 5.74) is 0.250. The summed E-state index contributed by atoms with van der Waals surface area (Å²) >= 11 is 1.29. The molecule has 2 rings (SSSR count). The predicted octanol–water partition coefficient (Wildman–Crippen LogP) is 2.29. The first kappa shape index (κ1) is 8.73. The van der Waals surface area contributed by atoms with Crippen LogP contribution >= 0.6 is 11.3 Å². The number of benzene rings is 1. The van der Waals surface area contributed by atoms with E-state index in [0.717, 1.165) is 10.1 Å². The number of phenols is 1. The van der Waals surface area contributed by atoms with Gasteiger partial charge in [-0.1, -0.05) is 0 Å². The lowest BCUT2D eigenvalue weighted by atomic mass is 10.1. The van der Waals surface area contributed by atoms with Crippen molar-refractivity contribution in [3.8, 4) is 11.8 Å². The zero-order chi connectivity index (χ0) is 10.1. The molecule has 0 aliphatic heterocycles. The second kappa shape index (κ2) is 3.13. The third-order valence-corrected chi connectivity index (χ3v) is 2.91. The minimum atomic E-state index is -0.0427. The molecular weight excluding hydrogens is 198 g/mol. The van der Waals surface area contributed by atoms with Gasteiger partial charge in [0.25, 0.3) is 0 Å². The van der Waals surface area contributed by atoms with Gasteiger partial charge in [0.05, 0.1) is 5.56 Å². The van der Waals surface area contributed by atoms with Crippen molar-refractivity contribution < 1.29 is 9.90 Å². The van der Waals surface area contributed by atoms with E-state index in [1.807, 2.05) is 6.07 Å². The van der Waals surface area contributed by atoms with E-state index >= 15 is 0 Å². The maximum Gasteiger partial charge on any atom is 0.153 e. The molecule has 0 fully saturated rings. The quantitative estimate of drug-likeness (QED) is 0.723. The second-order valence-electron chi connectivity index (χ2n) is 2.79. The summed E-state index contributed by atoms with van der Waals surface area (Å²) in [7, 11) is 0. The lowest BCUT2D eigenvalue weighted by molar-refractivity contribution is 0.112. The molecule has 14 heavy (non-hydrogen) atoms. The van der Waals surface area contributed by atoms with Crippen LogP contribution in [0.25, 0.3) is 10.1 Å². The summed E-state index contributed by atoms with van der Waals surface area (Å²) in [6, 6.07) is 6.81. The Labute approximate surface area is 83.8 Å². The number of aldehydes is 1. The van der Waals surface area contributed by atoms with Crippen LogP contribution in [0.4, 0.5) is 0 Å². The standard InChI is InChI=1S/C10H5NO2S/c11-4-8-2-6-1-7(5-12)9(13)3-10(6)14-8/h1-3,5,13H. The lowest BCUT2D eigenvalue weighted by Gasteiger charge is -1.95. The Kier molecular flexibility index (Phi) is 1.95. The van der Waals surface area contributed by atoms with E-state index in [2.05, 4.69) is 0 Å². The molecular formula is C10H5NO2S. The Balaban J connectivity index is 2.77. The van der Waals surface area contributed by atoms with Gasteiger partial charge in [-0.05, 0) is 23.6 Å². The number of carbonyl (C=O) groups is 1. The Hall–Kier alpha value is -1.86. The number of carbonyl (C=O) groups excluding carboxylic acids is 1. The van der Waals surface area contributed by atoms with E-state index in [1.54, 1.807) is 12.1 Å². The van der Waals surface area contributed by atoms with E-state index in [9.17, 15) is 9.90 Å². The molecule has 0 radical (unpaired) electrons. The smallest absolute Gasteiger partial charge is 0.153 e. The van der Waals surface area contributed by atoms with Crippen LogP contribution in [0.1, 0.15) is 15.2 Å². The van der Waals surface area contributed by atoms with Crippen LogP contribution in [0.5, 0.6) is 5.75 Å². The fraction of sp³-hybridized carbons (Fsp3) is 0. The van der Waals surface area contributed by atoms with Crippen molar-refractivity contribution in [3.63, 3.8) is 0 Å². The Bertz CT molecular complexity index is 551. The highest BCUT2D eigenvalue weighted by Crippen LogP contribution is 2.30. The van der Waals surface area contributed by atoms with Crippen LogP contribution in [-0.2, 0) is 0 Å². The van der Waals surface area contributed by atoms with Gasteiger partial charge in [0, 0.05) is 4.70 Å². The third-order valence-electron chi connectivity index (χ3n) is 1.90. The normalized spacial score (nSPS) is 9.93. The number of rotatable bonds is 1. The maximum absolute atomic E-state index is 10.5. The number of thiophene rings is 1. The van der Waals surface area contributed by atoms with Gasteiger partial charge in [-0.2, -0.15) is 5.26 Å². The monoisotopic (exact) mass is 203 g/mol. The number of hydrogen-bond donors (Lipinski definition) is 1.